The maximum absolute atomic E-state index is 8.05. The van der Waals surface area contributed by atoms with Gasteiger partial charge in [0, 0.05) is 24.1 Å². The van der Waals surface area contributed by atoms with Crippen LogP contribution in [0.3, 0.4) is 0 Å². The summed E-state index contributed by atoms with van der Waals surface area (Å²) >= 11 is 0. The van der Waals surface area contributed by atoms with Gasteiger partial charge < -0.3 is 26.0 Å². The average molecular weight is 273 g/mol. The zero-order chi connectivity index (χ0) is 14.5. The molecule has 4 N–H and O–H groups in total. The van der Waals surface area contributed by atoms with Crippen molar-refractivity contribution in [3.8, 4) is 0 Å². The molecule has 0 spiro atoms. The lowest BCUT2D eigenvalue weighted by molar-refractivity contribution is 0.0864. The van der Waals surface area contributed by atoms with E-state index in [9.17, 15) is 0 Å². The minimum absolute atomic E-state index is 0.0905. The second kappa shape index (κ2) is 6.34. The fraction of sp³-hybridized carbons (Fsp3) is 0.333. The fourth-order valence-corrected chi connectivity index (χ4v) is 2.31. The number of methoxy groups -OCH3 is 1. The second-order valence-electron chi connectivity index (χ2n) is 4.62. The quantitative estimate of drug-likeness (QED) is 0.541. The van der Waals surface area contributed by atoms with E-state index < -0.39 is 0 Å². The predicted octanol–water partition coefficient (Wildman–Crippen LogP) is 2.07. The van der Waals surface area contributed by atoms with Gasteiger partial charge in [0.05, 0.1) is 12.8 Å². The molecule has 106 valence electrons. The normalized spacial score (nSPS) is 25.4. The maximum atomic E-state index is 8.05. The molecule has 2 rings (SSSR count). The molecule has 0 radical (unpaired) electrons. The topological polar surface area (TPSA) is 92.2 Å². The summed E-state index contributed by atoms with van der Waals surface area (Å²) in [4.78, 5) is 0. The Morgan fingerprint density at radius 2 is 2.30 bits per heavy atom. The molecular formula is C15H19N3O2. The Morgan fingerprint density at radius 1 is 1.50 bits per heavy atom. The van der Waals surface area contributed by atoms with Crippen LogP contribution in [0, 0.1) is 10.8 Å². The molecule has 2 aliphatic rings. The van der Waals surface area contributed by atoms with E-state index in [0.717, 1.165) is 31.2 Å². The molecule has 0 aromatic heterocycles. The van der Waals surface area contributed by atoms with Gasteiger partial charge in [-0.15, -0.1) is 0 Å². The SMILES string of the molecule is CO/C(=C1/C=C(C(N)=CC=N)C=CC1=N)C1CCCO1. The summed E-state index contributed by atoms with van der Waals surface area (Å²) in [5, 5.41) is 15.1. The Balaban J connectivity index is 2.41. The molecule has 5 heteroatoms. The van der Waals surface area contributed by atoms with Crippen LogP contribution in [-0.2, 0) is 9.47 Å². The maximum Gasteiger partial charge on any atom is 0.134 e. The molecule has 0 aromatic rings. The monoisotopic (exact) mass is 273 g/mol. The first-order valence-corrected chi connectivity index (χ1v) is 6.52. The van der Waals surface area contributed by atoms with Crippen molar-refractivity contribution in [1.29, 1.82) is 10.8 Å². The van der Waals surface area contributed by atoms with Gasteiger partial charge in [0.1, 0.15) is 11.9 Å². The highest BCUT2D eigenvalue weighted by molar-refractivity contribution is 6.10. The van der Waals surface area contributed by atoms with Crippen molar-refractivity contribution in [2.45, 2.75) is 18.9 Å². The first kappa shape index (κ1) is 14.3. The van der Waals surface area contributed by atoms with Crippen molar-refractivity contribution >= 4 is 11.9 Å². The van der Waals surface area contributed by atoms with E-state index in [1.54, 1.807) is 19.3 Å². The highest BCUT2D eigenvalue weighted by Crippen LogP contribution is 2.27. The van der Waals surface area contributed by atoms with Crippen LogP contribution < -0.4 is 5.73 Å². The smallest absolute Gasteiger partial charge is 0.134 e. The Bertz CT molecular complexity index is 535. The molecule has 0 amide bonds. The lowest BCUT2D eigenvalue weighted by atomic mass is 9.95. The van der Waals surface area contributed by atoms with Gasteiger partial charge >= 0.3 is 0 Å². The van der Waals surface area contributed by atoms with Crippen LogP contribution in [0.2, 0.25) is 0 Å². The third kappa shape index (κ3) is 2.88. The van der Waals surface area contributed by atoms with Gasteiger partial charge in [-0.1, -0.05) is 6.08 Å². The van der Waals surface area contributed by atoms with Gasteiger partial charge in [-0.05, 0) is 36.6 Å². The molecule has 20 heavy (non-hydrogen) atoms. The minimum Gasteiger partial charge on any atom is -0.498 e. The highest BCUT2D eigenvalue weighted by atomic mass is 16.5. The number of ether oxygens (including phenoxy) is 2. The van der Waals surface area contributed by atoms with E-state index in [-0.39, 0.29) is 6.10 Å². The molecular weight excluding hydrogens is 254 g/mol. The molecule has 1 aliphatic carbocycles. The van der Waals surface area contributed by atoms with Gasteiger partial charge in [0.25, 0.3) is 0 Å². The Morgan fingerprint density at radius 3 is 2.90 bits per heavy atom. The van der Waals surface area contributed by atoms with Crippen LogP contribution in [0.4, 0.5) is 0 Å². The molecule has 1 unspecified atom stereocenters. The molecule has 1 fully saturated rings. The summed E-state index contributed by atoms with van der Waals surface area (Å²) in [6.07, 6.45) is 9.74. The number of nitrogens with one attached hydrogen (secondary N) is 2. The molecule has 1 aliphatic heterocycles. The Labute approximate surface area is 118 Å². The third-order valence-electron chi connectivity index (χ3n) is 3.32. The van der Waals surface area contributed by atoms with Gasteiger partial charge in [-0.3, -0.25) is 0 Å². The van der Waals surface area contributed by atoms with Crippen LogP contribution in [-0.4, -0.2) is 31.7 Å². The van der Waals surface area contributed by atoms with Gasteiger partial charge in [-0.2, -0.15) is 0 Å². The van der Waals surface area contributed by atoms with Crippen molar-refractivity contribution in [3.63, 3.8) is 0 Å². The van der Waals surface area contributed by atoms with E-state index >= 15 is 0 Å². The van der Waals surface area contributed by atoms with Crippen molar-refractivity contribution in [1.82, 2.24) is 0 Å². The zero-order valence-electron chi connectivity index (χ0n) is 11.5. The molecule has 0 aromatic carbocycles. The van der Waals surface area contributed by atoms with E-state index in [1.165, 1.54) is 6.08 Å². The van der Waals surface area contributed by atoms with Gasteiger partial charge in [0.2, 0.25) is 0 Å². The van der Waals surface area contributed by atoms with Crippen LogP contribution in [0.1, 0.15) is 12.8 Å². The summed E-state index contributed by atoms with van der Waals surface area (Å²) in [6.45, 7) is 0.723. The van der Waals surface area contributed by atoms with Crippen LogP contribution >= 0.6 is 0 Å². The van der Waals surface area contributed by atoms with E-state index in [0.29, 0.717) is 22.7 Å². The van der Waals surface area contributed by atoms with Gasteiger partial charge in [0.15, 0.2) is 0 Å². The standard InChI is InChI=1S/C15H19N3O2/c1-19-15(14-3-2-8-20-14)11-9-10(4-5-13(11)18)12(17)6-7-16/h4-7,9,14,16,18H,2-3,8,17H2,1H3/b12-6?,15-11-,16-7?,18-13?. The minimum atomic E-state index is -0.0905. The first-order valence-electron chi connectivity index (χ1n) is 6.52. The van der Waals surface area contributed by atoms with E-state index in [4.69, 9.17) is 26.0 Å². The molecule has 0 bridgehead atoms. The van der Waals surface area contributed by atoms with Crippen molar-refractivity contribution < 1.29 is 9.47 Å². The van der Waals surface area contributed by atoms with Crippen LogP contribution in [0.15, 0.2) is 46.9 Å². The summed E-state index contributed by atoms with van der Waals surface area (Å²) < 4.78 is 11.1. The molecule has 1 saturated heterocycles. The largest absolute Gasteiger partial charge is 0.498 e. The lowest BCUT2D eigenvalue weighted by Crippen LogP contribution is -2.17. The van der Waals surface area contributed by atoms with E-state index in [1.807, 2.05) is 6.08 Å². The zero-order valence-corrected chi connectivity index (χ0v) is 11.5. The number of rotatable bonds is 4. The van der Waals surface area contributed by atoms with E-state index in [2.05, 4.69) is 0 Å². The van der Waals surface area contributed by atoms with Crippen molar-refractivity contribution in [2.75, 3.05) is 13.7 Å². The van der Waals surface area contributed by atoms with Crippen molar-refractivity contribution in [2.24, 2.45) is 5.73 Å². The fourth-order valence-electron chi connectivity index (χ4n) is 2.31. The number of hydrogen-bond acceptors (Lipinski definition) is 5. The van der Waals surface area contributed by atoms with Gasteiger partial charge in [-0.25, -0.2) is 0 Å². The van der Waals surface area contributed by atoms with Crippen LogP contribution in [0.5, 0.6) is 0 Å². The molecule has 1 heterocycles. The van der Waals surface area contributed by atoms with Crippen LogP contribution in [0.25, 0.3) is 0 Å². The summed E-state index contributed by atoms with van der Waals surface area (Å²) in [6, 6.07) is 0. The summed E-state index contributed by atoms with van der Waals surface area (Å²) in [7, 11) is 1.60. The molecule has 1 atom stereocenters. The summed E-state index contributed by atoms with van der Waals surface area (Å²) in [5.74, 6) is 0.678. The predicted molar refractivity (Wildman–Crippen MR) is 79.0 cm³/mol. The molecule has 0 saturated carbocycles. The number of allylic oxidation sites excluding steroid dienone is 5. The van der Waals surface area contributed by atoms with Crippen molar-refractivity contribution in [3.05, 3.63) is 46.9 Å². The third-order valence-corrected chi connectivity index (χ3v) is 3.32. The average Bonchev–Trinajstić information content (AvgIpc) is 2.96. The number of nitrogens with two attached hydrogens (primary N) is 1. The highest BCUT2D eigenvalue weighted by Gasteiger charge is 2.25. The Hall–Kier alpha value is -2.14. The second-order valence-corrected chi connectivity index (χ2v) is 4.62. The first-order chi connectivity index (χ1) is 9.67. The lowest BCUT2D eigenvalue weighted by Gasteiger charge is -2.19. The molecule has 5 nitrogen and oxygen atoms in total. The number of hydrogen-bond donors (Lipinski definition) is 3. The summed E-state index contributed by atoms with van der Waals surface area (Å²) in [5.41, 5.74) is 8.22. The Kier molecular flexibility index (Phi) is 4.53.